The number of amides is 1. The van der Waals surface area contributed by atoms with Gasteiger partial charge in [-0.15, -0.1) is 0 Å². The lowest BCUT2D eigenvalue weighted by molar-refractivity contribution is -0.131. The summed E-state index contributed by atoms with van der Waals surface area (Å²) in [7, 11) is 0. The first kappa shape index (κ1) is 22.2. The van der Waals surface area contributed by atoms with Crippen LogP contribution in [0.2, 0.25) is 0 Å². The van der Waals surface area contributed by atoms with Crippen LogP contribution in [0.5, 0.6) is 0 Å². The van der Waals surface area contributed by atoms with Gasteiger partial charge < -0.3 is 10.6 Å². The minimum Gasteiger partial charge on any atom is -0.382 e. The zero-order valence-corrected chi connectivity index (χ0v) is 18.4. The Morgan fingerprint density at radius 3 is 2.62 bits per heavy atom. The summed E-state index contributed by atoms with van der Waals surface area (Å²) >= 11 is 0. The number of fused-ring (bicyclic) bond motifs is 1. The third kappa shape index (κ3) is 4.74. The molecular weight excluding hydrogens is 417 g/mol. The van der Waals surface area contributed by atoms with Gasteiger partial charge in [-0.3, -0.25) is 9.20 Å². The van der Waals surface area contributed by atoms with Gasteiger partial charge in [-0.1, -0.05) is 13.0 Å². The number of imidazole rings is 1. The molecule has 1 amide bonds. The van der Waals surface area contributed by atoms with E-state index in [2.05, 4.69) is 15.6 Å². The summed E-state index contributed by atoms with van der Waals surface area (Å²) in [5.41, 5.74) is 5.24. The Kier molecular flexibility index (Phi) is 5.65. The molecule has 3 aromatic rings. The summed E-state index contributed by atoms with van der Waals surface area (Å²) < 4.78 is 39.6. The molecule has 5 nitrogen and oxygen atoms in total. The van der Waals surface area contributed by atoms with Crippen LogP contribution >= 0.6 is 0 Å². The minimum absolute atomic E-state index is 0.0726. The number of carbonyl (C=O) groups excluding carboxylic acids is 1. The lowest BCUT2D eigenvalue weighted by Gasteiger charge is -2.14. The van der Waals surface area contributed by atoms with Crippen molar-refractivity contribution in [2.75, 3.05) is 11.9 Å². The van der Waals surface area contributed by atoms with Gasteiger partial charge in [0, 0.05) is 29.4 Å². The van der Waals surface area contributed by atoms with E-state index in [0.717, 1.165) is 41.6 Å². The smallest absolute Gasteiger partial charge is 0.382 e. The lowest BCUT2D eigenvalue weighted by atomic mass is 10.0. The molecule has 0 atom stereocenters. The molecule has 2 heterocycles. The van der Waals surface area contributed by atoms with E-state index in [0.29, 0.717) is 16.9 Å². The molecule has 0 saturated heterocycles. The molecule has 8 heteroatoms. The number of hydrogen-bond acceptors (Lipinski definition) is 3. The molecule has 170 valence electrons. The number of pyridine rings is 1. The van der Waals surface area contributed by atoms with E-state index in [4.69, 9.17) is 0 Å². The van der Waals surface area contributed by atoms with Crippen molar-refractivity contribution in [3.8, 4) is 11.3 Å². The summed E-state index contributed by atoms with van der Waals surface area (Å²) in [4.78, 5) is 17.1. The van der Waals surface area contributed by atoms with E-state index in [9.17, 15) is 18.0 Å². The van der Waals surface area contributed by atoms with Gasteiger partial charge in [0.05, 0.1) is 24.0 Å². The van der Waals surface area contributed by atoms with E-state index in [-0.39, 0.29) is 18.0 Å². The Bertz CT molecular complexity index is 1160. The van der Waals surface area contributed by atoms with Gasteiger partial charge >= 0.3 is 6.18 Å². The van der Waals surface area contributed by atoms with Crippen molar-refractivity contribution in [2.45, 2.75) is 58.2 Å². The van der Waals surface area contributed by atoms with Crippen LogP contribution in [-0.4, -0.2) is 33.6 Å². The predicted octanol–water partition coefficient (Wildman–Crippen LogP) is 5.52. The highest BCUT2D eigenvalue weighted by Crippen LogP contribution is 2.35. The summed E-state index contributed by atoms with van der Waals surface area (Å²) in [6.45, 7) is 5.72. The van der Waals surface area contributed by atoms with E-state index < -0.39 is 12.6 Å². The lowest BCUT2D eigenvalue weighted by Crippen LogP contribution is -2.34. The van der Waals surface area contributed by atoms with Crippen LogP contribution in [0.1, 0.15) is 54.6 Å². The van der Waals surface area contributed by atoms with Crippen LogP contribution in [0, 0.1) is 6.92 Å². The molecule has 1 saturated carbocycles. The first-order valence-corrected chi connectivity index (χ1v) is 10.8. The zero-order chi connectivity index (χ0) is 23.1. The van der Waals surface area contributed by atoms with E-state index in [1.807, 2.05) is 55.6 Å². The number of aryl methyl sites for hydroxylation is 2. The monoisotopic (exact) mass is 444 g/mol. The highest BCUT2D eigenvalue weighted by atomic mass is 19.4. The van der Waals surface area contributed by atoms with Gasteiger partial charge in [-0.2, -0.15) is 13.2 Å². The minimum atomic E-state index is -4.21. The zero-order valence-electron chi connectivity index (χ0n) is 18.4. The molecule has 1 aliphatic carbocycles. The fourth-order valence-electron chi connectivity index (χ4n) is 3.75. The number of anilines is 1. The van der Waals surface area contributed by atoms with Crippen LogP contribution < -0.4 is 10.6 Å². The second-order valence-corrected chi connectivity index (χ2v) is 8.79. The van der Waals surface area contributed by atoms with Crippen molar-refractivity contribution >= 4 is 17.2 Å². The molecule has 2 N–H and O–H groups in total. The van der Waals surface area contributed by atoms with Gasteiger partial charge in [0.2, 0.25) is 0 Å². The maximum Gasteiger partial charge on any atom is 0.390 e. The number of rotatable bonds is 7. The van der Waals surface area contributed by atoms with E-state index in [1.54, 1.807) is 6.20 Å². The van der Waals surface area contributed by atoms with Gasteiger partial charge in [0.25, 0.3) is 5.91 Å². The number of alkyl halides is 3. The molecule has 0 unspecified atom stereocenters. The van der Waals surface area contributed by atoms with Crippen LogP contribution in [0.15, 0.2) is 36.7 Å². The van der Waals surface area contributed by atoms with Gasteiger partial charge in [0.1, 0.15) is 0 Å². The van der Waals surface area contributed by atoms with Crippen LogP contribution in [0.4, 0.5) is 18.9 Å². The average molecular weight is 445 g/mol. The Morgan fingerprint density at radius 1 is 1.25 bits per heavy atom. The molecular formula is C24H27F3N4O. The second kappa shape index (κ2) is 8.15. The fourth-order valence-corrected chi connectivity index (χ4v) is 3.75. The average Bonchev–Trinajstić information content (AvgIpc) is 3.28. The predicted molar refractivity (Wildman–Crippen MR) is 119 cm³/mol. The van der Waals surface area contributed by atoms with Crippen molar-refractivity contribution in [1.29, 1.82) is 0 Å². The summed E-state index contributed by atoms with van der Waals surface area (Å²) in [6.07, 6.45) is 1.27. The van der Waals surface area contributed by atoms with Gasteiger partial charge in [-0.25, -0.2) is 4.98 Å². The first-order chi connectivity index (χ1) is 15.1. The number of nitrogens with zero attached hydrogens (tertiary/aromatic N) is 2. The van der Waals surface area contributed by atoms with Gasteiger partial charge in [0.15, 0.2) is 5.65 Å². The number of benzene rings is 1. The highest BCUT2D eigenvalue weighted by Gasteiger charge is 2.39. The molecule has 0 aliphatic heterocycles. The molecule has 2 aromatic heterocycles. The summed E-state index contributed by atoms with van der Waals surface area (Å²) in [5.74, 6) is -0.0726. The molecule has 4 rings (SSSR count). The molecule has 1 aliphatic rings. The second-order valence-electron chi connectivity index (χ2n) is 8.79. The molecule has 0 radical (unpaired) electrons. The molecule has 0 bridgehead atoms. The van der Waals surface area contributed by atoms with Crippen LogP contribution in [-0.2, 0) is 6.42 Å². The molecule has 1 aromatic carbocycles. The number of aromatic nitrogens is 2. The highest BCUT2D eigenvalue weighted by molar-refractivity contribution is 5.97. The Labute approximate surface area is 185 Å². The van der Waals surface area contributed by atoms with Crippen molar-refractivity contribution < 1.29 is 18.0 Å². The topological polar surface area (TPSA) is 58.4 Å². The first-order valence-electron chi connectivity index (χ1n) is 10.8. The summed E-state index contributed by atoms with van der Waals surface area (Å²) in [6, 6.07) is 7.50. The molecule has 1 fully saturated rings. The third-order valence-electron chi connectivity index (χ3n) is 5.98. The van der Waals surface area contributed by atoms with Crippen LogP contribution in [0.3, 0.4) is 0 Å². The Balaban J connectivity index is 1.65. The SMILES string of the molecule is CCc1cc(NCCC(F)(F)F)c2ncc(-c3ccc(C(=O)NC4(C)CC4)c(C)c3)n2c1. The molecule has 32 heavy (non-hydrogen) atoms. The maximum absolute atomic E-state index is 12.6. The Morgan fingerprint density at radius 2 is 2.00 bits per heavy atom. The van der Waals surface area contributed by atoms with Crippen molar-refractivity contribution in [1.82, 2.24) is 14.7 Å². The fraction of sp³-hybridized carbons (Fsp3) is 0.417. The van der Waals surface area contributed by atoms with Crippen molar-refractivity contribution in [2.24, 2.45) is 0 Å². The van der Waals surface area contributed by atoms with Gasteiger partial charge in [-0.05, 0) is 62.4 Å². The maximum atomic E-state index is 12.6. The Hall–Kier alpha value is -3.03. The number of carbonyl (C=O) groups is 1. The quantitative estimate of drug-likeness (QED) is 0.505. The van der Waals surface area contributed by atoms with E-state index >= 15 is 0 Å². The summed E-state index contributed by atoms with van der Waals surface area (Å²) in [5, 5.41) is 5.97. The number of halogens is 3. The van der Waals surface area contributed by atoms with Crippen molar-refractivity contribution in [3.05, 3.63) is 53.3 Å². The third-order valence-corrected chi connectivity index (χ3v) is 5.98. The van der Waals surface area contributed by atoms with Crippen LogP contribution in [0.25, 0.3) is 16.9 Å². The molecule has 0 spiro atoms. The van der Waals surface area contributed by atoms with Crippen molar-refractivity contribution in [3.63, 3.8) is 0 Å². The standard InChI is InChI=1S/C24H27F3N4O/c1-4-16-12-19(28-10-9-24(25,26)27)21-29-13-20(31(21)14-16)17-5-6-18(15(2)11-17)22(32)30-23(3)7-8-23/h5-6,11-14,28H,4,7-10H2,1-3H3,(H,30,32). The normalized spacial score (nSPS) is 15.1. The number of hydrogen-bond donors (Lipinski definition) is 2. The number of nitrogens with one attached hydrogen (secondary N) is 2. The largest absolute Gasteiger partial charge is 0.390 e. The van der Waals surface area contributed by atoms with E-state index in [1.165, 1.54) is 0 Å².